The van der Waals surface area contributed by atoms with E-state index >= 15 is 0 Å². The van der Waals surface area contributed by atoms with E-state index in [2.05, 4.69) is 15.3 Å². The zero-order chi connectivity index (χ0) is 14.7. The molecule has 0 saturated heterocycles. The summed E-state index contributed by atoms with van der Waals surface area (Å²) in [4.78, 5) is 8.92. The van der Waals surface area contributed by atoms with Crippen molar-refractivity contribution in [3.05, 3.63) is 17.0 Å². The SMILES string of the molecule is OCCC1(CNc2cc(Cl)nc(C3CC3)n2)CCCCC1. The van der Waals surface area contributed by atoms with E-state index in [9.17, 15) is 5.11 Å². The standard InChI is InChI=1S/C16H24ClN3O/c17-13-10-14(20-15(19-13)12-4-5-12)18-11-16(8-9-21)6-2-1-3-7-16/h10,12,21H,1-9,11H2,(H,18,19,20). The van der Waals surface area contributed by atoms with E-state index in [0.717, 1.165) is 24.6 Å². The minimum absolute atomic E-state index is 0.212. The number of nitrogens with zero attached hydrogens (tertiary/aromatic N) is 2. The molecule has 1 aromatic rings. The molecular weight excluding hydrogens is 286 g/mol. The molecule has 2 N–H and O–H groups in total. The molecule has 116 valence electrons. The van der Waals surface area contributed by atoms with Gasteiger partial charge in [0.2, 0.25) is 0 Å². The van der Waals surface area contributed by atoms with Crippen LogP contribution in [-0.4, -0.2) is 28.2 Å². The third-order valence-corrected chi connectivity index (χ3v) is 5.05. The van der Waals surface area contributed by atoms with Crippen LogP contribution in [0.3, 0.4) is 0 Å². The Morgan fingerprint density at radius 2 is 2.00 bits per heavy atom. The molecule has 1 heterocycles. The molecule has 0 spiro atoms. The van der Waals surface area contributed by atoms with Gasteiger partial charge in [0.05, 0.1) is 0 Å². The van der Waals surface area contributed by atoms with Crippen molar-refractivity contribution < 1.29 is 5.11 Å². The molecule has 5 heteroatoms. The average Bonchev–Trinajstić information content (AvgIpc) is 3.31. The number of hydrogen-bond acceptors (Lipinski definition) is 4. The number of hydrogen-bond donors (Lipinski definition) is 2. The molecule has 0 bridgehead atoms. The van der Waals surface area contributed by atoms with Crippen molar-refractivity contribution in [1.82, 2.24) is 9.97 Å². The highest BCUT2D eigenvalue weighted by Gasteiger charge is 2.32. The highest BCUT2D eigenvalue weighted by atomic mass is 35.5. The zero-order valence-corrected chi connectivity index (χ0v) is 13.2. The maximum atomic E-state index is 9.38. The summed E-state index contributed by atoms with van der Waals surface area (Å²) in [6, 6.07) is 1.81. The summed E-state index contributed by atoms with van der Waals surface area (Å²) in [6.45, 7) is 1.13. The minimum atomic E-state index is 0.212. The number of nitrogens with one attached hydrogen (secondary N) is 1. The zero-order valence-electron chi connectivity index (χ0n) is 12.4. The Morgan fingerprint density at radius 1 is 1.24 bits per heavy atom. The van der Waals surface area contributed by atoms with Crippen LogP contribution in [0.15, 0.2) is 6.07 Å². The largest absolute Gasteiger partial charge is 0.396 e. The summed E-state index contributed by atoms with van der Waals surface area (Å²) >= 11 is 6.11. The highest BCUT2D eigenvalue weighted by Crippen LogP contribution is 2.40. The van der Waals surface area contributed by atoms with E-state index < -0.39 is 0 Å². The lowest BCUT2D eigenvalue weighted by atomic mass is 9.72. The molecule has 1 aromatic heterocycles. The van der Waals surface area contributed by atoms with Crippen LogP contribution in [0.5, 0.6) is 0 Å². The second-order valence-electron chi connectivity index (χ2n) is 6.60. The van der Waals surface area contributed by atoms with Gasteiger partial charge in [-0.2, -0.15) is 0 Å². The van der Waals surface area contributed by atoms with Crippen molar-refractivity contribution in [2.24, 2.45) is 5.41 Å². The van der Waals surface area contributed by atoms with Crippen LogP contribution < -0.4 is 5.32 Å². The molecule has 2 saturated carbocycles. The van der Waals surface area contributed by atoms with E-state index in [4.69, 9.17) is 11.6 Å². The van der Waals surface area contributed by atoms with Crippen molar-refractivity contribution in [2.45, 2.75) is 57.3 Å². The molecule has 0 unspecified atom stereocenters. The van der Waals surface area contributed by atoms with Gasteiger partial charge in [-0.1, -0.05) is 30.9 Å². The summed E-state index contributed by atoms with van der Waals surface area (Å²) < 4.78 is 0. The van der Waals surface area contributed by atoms with E-state index in [1.807, 2.05) is 6.07 Å². The maximum Gasteiger partial charge on any atom is 0.135 e. The van der Waals surface area contributed by atoms with Crippen LogP contribution in [0.4, 0.5) is 5.82 Å². The number of aliphatic hydroxyl groups excluding tert-OH is 1. The molecule has 21 heavy (non-hydrogen) atoms. The fourth-order valence-corrected chi connectivity index (χ4v) is 3.57. The van der Waals surface area contributed by atoms with Gasteiger partial charge in [0.1, 0.15) is 16.8 Å². The molecule has 2 fully saturated rings. The van der Waals surface area contributed by atoms with Gasteiger partial charge in [-0.05, 0) is 37.5 Å². The number of aliphatic hydroxyl groups is 1. The molecule has 0 atom stereocenters. The van der Waals surface area contributed by atoms with E-state index in [-0.39, 0.29) is 12.0 Å². The third-order valence-electron chi connectivity index (χ3n) is 4.86. The first-order valence-electron chi connectivity index (χ1n) is 8.10. The number of anilines is 1. The normalized spacial score (nSPS) is 21.2. The van der Waals surface area contributed by atoms with E-state index in [1.54, 1.807) is 0 Å². The quantitative estimate of drug-likeness (QED) is 0.786. The Balaban J connectivity index is 1.67. The number of aromatic nitrogens is 2. The van der Waals surface area contributed by atoms with Gasteiger partial charge < -0.3 is 10.4 Å². The molecule has 0 aliphatic heterocycles. The monoisotopic (exact) mass is 309 g/mol. The molecule has 2 aliphatic rings. The maximum absolute atomic E-state index is 9.38. The lowest BCUT2D eigenvalue weighted by Crippen LogP contribution is -2.33. The van der Waals surface area contributed by atoms with Gasteiger partial charge in [0.15, 0.2) is 0 Å². The lowest BCUT2D eigenvalue weighted by molar-refractivity contribution is 0.141. The topological polar surface area (TPSA) is 58.0 Å². The van der Waals surface area contributed by atoms with Gasteiger partial charge in [0, 0.05) is 25.1 Å². The smallest absolute Gasteiger partial charge is 0.135 e. The molecule has 3 rings (SSSR count). The van der Waals surface area contributed by atoms with Crippen LogP contribution in [0.1, 0.15) is 63.1 Å². The fraction of sp³-hybridized carbons (Fsp3) is 0.750. The van der Waals surface area contributed by atoms with Gasteiger partial charge >= 0.3 is 0 Å². The first-order chi connectivity index (χ1) is 10.2. The highest BCUT2D eigenvalue weighted by molar-refractivity contribution is 6.29. The number of halogens is 1. The average molecular weight is 310 g/mol. The number of rotatable bonds is 6. The van der Waals surface area contributed by atoms with Gasteiger partial charge in [-0.25, -0.2) is 9.97 Å². The fourth-order valence-electron chi connectivity index (χ4n) is 3.38. The van der Waals surface area contributed by atoms with Crippen LogP contribution in [-0.2, 0) is 0 Å². The van der Waals surface area contributed by atoms with Gasteiger partial charge in [-0.3, -0.25) is 0 Å². The van der Waals surface area contributed by atoms with E-state index in [1.165, 1.54) is 44.9 Å². The van der Waals surface area contributed by atoms with Crippen molar-refractivity contribution in [2.75, 3.05) is 18.5 Å². The Bertz CT molecular complexity index is 479. The summed E-state index contributed by atoms with van der Waals surface area (Å²) in [5.74, 6) is 2.22. The first-order valence-corrected chi connectivity index (χ1v) is 8.48. The Kier molecular flexibility index (Phi) is 4.65. The van der Waals surface area contributed by atoms with Crippen molar-refractivity contribution in [3.63, 3.8) is 0 Å². The molecule has 4 nitrogen and oxygen atoms in total. The van der Waals surface area contributed by atoms with Crippen molar-refractivity contribution in [1.29, 1.82) is 0 Å². The first kappa shape index (κ1) is 15.0. The third kappa shape index (κ3) is 3.86. The second-order valence-corrected chi connectivity index (χ2v) is 6.98. The Morgan fingerprint density at radius 3 is 2.67 bits per heavy atom. The van der Waals surface area contributed by atoms with Crippen molar-refractivity contribution >= 4 is 17.4 Å². The summed E-state index contributed by atoms with van der Waals surface area (Å²) in [5, 5.41) is 13.4. The van der Waals surface area contributed by atoms with Crippen LogP contribution in [0, 0.1) is 5.41 Å². The Hall–Kier alpha value is -0.870. The molecule has 0 radical (unpaired) electrons. The van der Waals surface area contributed by atoms with Gasteiger partial charge in [0.25, 0.3) is 0 Å². The van der Waals surface area contributed by atoms with Gasteiger partial charge in [-0.15, -0.1) is 0 Å². The summed E-state index contributed by atoms with van der Waals surface area (Å²) in [6.07, 6.45) is 9.44. The Labute approximate surface area is 131 Å². The predicted octanol–water partition coefficient (Wildman–Crippen LogP) is 3.75. The molecule has 0 amide bonds. The van der Waals surface area contributed by atoms with Crippen LogP contribution in [0.2, 0.25) is 5.15 Å². The van der Waals surface area contributed by atoms with Crippen molar-refractivity contribution in [3.8, 4) is 0 Å². The molecular formula is C16H24ClN3O. The van der Waals surface area contributed by atoms with Crippen LogP contribution >= 0.6 is 11.6 Å². The minimum Gasteiger partial charge on any atom is -0.396 e. The van der Waals surface area contributed by atoms with Crippen LogP contribution in [0.25, 0.3) is 0 Å². The molecule has 2 aliphatic carbocycles. The molecule has 0 aromatic carbocycles. The lowest BCUT2D eigenvalue weighted by Gasteiger charge is -2.37. The summed E-state index contributed by atoms with van der Waals surface area (Å²) in [7, 11) is 0. The second kappa shape index (κ2) is 6.49. The summed E-state index contributed by atoms with van der Waals surface area (Å²) in [5.41, 5.74) is 0.212. The van der Waals surface area contributed by atoms with E-state index in [0.29, 0.717) is 11.1 Å². The predicted molar refractivity (Wildman–Crippen MR) is 84.7 cm³/mol.